The van der Waals surface area contributed by atoms with E-state index in [2.05, 4.69) is 26.8 Å². The van der Waals surface area contributed by atoms with E-state index in [9.17, 15) is 4.79 Å². The highest BCUT2D eigenvalue weighted by atomic mass is 35.5. The van der Waals surface area contributed by atoms with E-state index in [-0.39, 0.29) is 5.92 Å². The second-order valence-electron chi connectivity index (χ2n) is 7.93. The Morgan fingerprint density at radius 2 is 1.62 bits per heavy atom. The summed E-state index contributed by atoms with van der Waals surface area (Å²) in [6.45, 7) is 6.04. The number of benzene rings is 2. The minimum Gasteiger partial charge on any atom is -0.368 e. The van der Waals surface area contributed by atoms with Crippen LogP contribution in [0.5, 0.6) is 0 Å². The minimum absolute atomic E-state index is 0.148. The van der Waals surface area contributed by atoms with Crippen molar-refractivity contribution in [3.63, 3.8) is 0 Å². The van der Waals surface area contributed by atoms with E-state index in [1.54, 1.807) is 0 Å². The van der Waals surface area contributed by atoms with Gasteiger partial charge in [0.2, 0.25) is 5.91 Å². The maximum Gasteiger partial charge on any atom is 0.225 e. The maximum absolute atomic E-state index is 13.0. The zero-order chi connectivity index (χ0) is 20.2. The molecule has 29 heavy (non-hydrogen) atoms. The van der Waals surface area contributed by atoms with Crippen molar-refractivity contribution in [2.75, 3.05) is 44.2 Å². The Hall–Kier alpha value is -1.75. The largest absolute Gasteiger partial charge is 0.368 e. The molecule has 154 valence electrons. The van der Waals surface area contributed by atoms with Crippen LogP contribution < -0.4 is 4.90 Å². The van der Waals surface area contributed by atoms with Crippen molar-refractivity contribution >= 4 is 34.8 Å². The summed E-state index contributed by atoms with van der Waals surface area (Å²) >= 11 is 12.4. The molecule has 2 saturated heterocycles. The van der Waals surface area contributed by atoms with E-state index in [1.165, 1.54) is 0 Å². The number of carbonyl (C=O) groups is 1. The Bertz CT molecular complexity index is 844. The van der Waals surface area contributed by atoms with E-state index in [4.69, 9.17) is 23.2 Å². The summed E-state index contributed by atoms with van der Waals surface area (Å²) in [6, 6.07) is 16.0. The Morgan fingerprint density at radius 3 is 2.31 bits per heavy atom. The average Bonchev–Trinajstić information content (AvgIpc) is 2.75. The molecule has 2 aromatic rings. The van der Waals surface area contributed by atoms with Crippen LogP contribution in [0.4, 0.5) is 5.69 Å². The van der Waals surface area contributed by atoms with E-state index < -0.39 is 0 Å². The molecule has 2 aliphatic rings. The number of anilines is 1. The zero-order valence-corrected chi connectivity index (χ0v) is 18.1. The third-order valence-electron chi connectivity index (χ3n) is 6.05. The first-order chi connectivity index (χ1) is 14.1. The molecule has 0 spiro atoms. The Morgan fingerprint density at radius 1 is 0.897 bits per heavy atom. The summed E-state index contributed by atoms with van der Waals surface area (Å²) in [5.74, 6) is 0.475. The normalized spacial score (nSPS) is 18.8. The van der Waals surface area contributed by atoms with Crippen molar-refractivity contribution in [3.05, 3.63) is 64.1 Å². The molecular formula is C23H27Cl2N3O. The predicted octanol–water partition coefficient (Wildman–Crippen LogP) is 4.55. The van der Waals surface area contributed by atoms with Gasteiger partial charge in [-0.1, -0.05) is 47.5 Å². The molecule has 0 saturated carbocycles. The SMILES string of the molecule is O=C(C1CCN(Cc2ccccc2Cl)CC1)N1CCN(c2cccc(Cl)c2)CC1. The predicted molar refractivity (Wildman–Crippen MR) is 120 cm³/mol. The summed E-state index contributed by atoms with van der Waals surface area (Å²) in [5.41, 5.74) is 2.30. The molecular weight excluding hydrogens is 405 g/mol. The lowest BCUT2D eigenvalue weighted by atomic mass is 9.94. The van der Waals surface area contributed by atoms with Gasteiger partial charge in [-0.05, 0) is 55.8 Å². The van der Waals surface area contributed by atoms with Crippen molar-refractivity contribution < 1.29 is 4.79 Å². The fraction of sp³-hybridized carbons (Fsp3) is 0.435. The van der Waals surface area contributed by atoms with Gasteiger partial charge in [0.25, 0.3) is 0 Å². The second-order valence-corrected chi connectivity index (χ2v) is 8.78. The molecule has 0 radical (unpaired) electrons. The van der Waals surface area contributed by atoms with E-state index in [0.29, 0.717) is 5.91 Å². The fourth-order valence-corrected chi connectivity index (χ4v) is 4.70. The van der Waals surface area contributed by atoms with Crippen LogP contribution in [0.15, 0.2) is 48.5 Å². The molecule has 0 atom stereocenters. The van der Waals surface area contributed by atoms with Gasteiger partial charge < -0.3 is 9.80 Å². The number of nitrogens with zero attached hydrogens (tertiary/aromatic N) is 3. The third kappa shape index (κ3) is 5.06. The van der Waals surface area contributed by atoms with Crippen LogP contribution in [-0.2, 0) is 11.3 Å². The lowest BCUT2D eigenvalue weighted by Gasteiger charge is -2.39. The van der Waals surface area contributed by atoms with Gasteiger partial charge in [0.1, 0.15) is 0 Å². The van der Waals surface area contributed by atoms with Crippen LogP contribution in [0.3, 0.4) is 0 Å². The van der Waals surface area contributed by atoms with Crippen molar-refractivity contribution in [1.82, 2.24) is 9.80 Å². The van der Waals surface area contributed by atoms with Crippen molar-refractivity contribution in [2.24, 2.45) is 5.92 Å². The van der Waals surface area contributed by atoms with E-state index in [0.717, 1.165) is 80.0 Å². The Labute approximate surface area is 183 Å². The number of piperidine rings is 1. The summed E-state index contributed by atoms with van der Waals surface area (Å²) in [5, 5.41) is 1.58. The molecule has 2 aliphatic heterocycles. The zero-order valence-electron chi connectivity index (χ0n) is 16.6. The van der Waals surface area contributed by atoms with E-state index >= 15 is 0 Å². The molecule has 6 heteroatoms. The summed E-state index contributed by atoms with van der Waals surface area (Å²) in [4.78, 5) is 19.8. The molecule has 4 nitrogen and oxygen atoms in total. The minimum atomic E-state index is 0.148. The molecule has 2 aromatic carbocycles. The molecule has 0 unspecified atom stereocenters. The molecule has 0 bridgehead atoms. The molecule has 4 rings (SSSR count). The van der Waals surface area contributed by atoms with Gasteiger partial charge in [-0.15, -0.1) is 0 Å². The van der Waals surface area contributed by atoms with Gasteiger partial charge >= 0.3 is 0 Å². The van der Waals surface area contributed by atoms with Crippen LogP contribution in [-0.4, -0.2) is 55.0 Å². The van der Waals surface area contributed by atoms with Crippen LogP contribution in [0.25, 0.3) is 0 Å². The Kier molecular flexibility index (Phi) is 6.63. The first-order valence-corrected chi connectivity index (χ1v) is 11.1. The van der Waals surface area contributed by atoms with Gasteiger partial charge in [-0.25, -0.2) is 0 Å². The van der Waals surface area contributed by atoms with Gasteiger partial charge in [-0.2, -0.15) is 0 Å². The number of hydrogen-bond acceptors (Lipinski definition) is 3. The number of piperazine rings is 1. The smallest absolute Gasteiger partial charge is 0.225 e. The average molecular weight is 432 g/mol. The number of carbonyl (C=O) groups excluding carboxylic acids is 1. The first kappa shape index (κ1) is 20.5. The highest BCUT2D eigenvalue weighted by Crippen LogP contribution is 2.25. The molecule has 1 amide bonds. The monoisotopic (exact) mass is 431 g/mol. The highest BCUT2D eigenvalue weighted by Gasteiger charge is 2.30. The number of rotatable bonds is 4. The molecule has 2 fully saturated rings. The Balaban J connectivity index is 1.25. The van der Waals surface area contributed by atoms with Gasteiger partial charge in [0.15, 0.2) is 0 Å². The molecule has 2 heterocycles. The summed E-state index contributed by atoms with van der Waals surface area (Å²) < 4.78 is 0. The quantitative estimate of drug-likeness (QED) is 0.709. The first-order valence-electron chi connectivity index (χ1n) is 10.4. The van der Waals surface area contributed by atoms with Crippen LogP contribution in [0.1, 0.15) is 18.4 Å². The highest BCUT2D eigenvalue weighted by molar-refractivity contribution is 6.31. The molecule has 0 N–H and O–H groups in total. The van der Waals surface area contributed by atoms with Crippen LogP contribution in [0.2, 0.25) is 10.0 Å². The second kappa shape index (κ2) is 9.38. The van der Waals surface area contributed by atoms with Crippen molar-refractivity contribution in [2.45, 2.75) is 19.4 Å². The number of likely N-dealkylation sites (tertiary alicyclic amines) is 1. The molecule has 0 aromatic heterocycles. The summed E-state index contributed by atoms with van der Waals surface area (Å²) in [6.07, 6.45) is 1.86. The number of amides is 1. The molecule has 0 aliphatic carbocycles. The fourth-order valence-electron chi connectivity index (χ4n) is 4.32. The van der Waals surface area contributed by atoms with Crippen LogP contribution >= 0.6 is 23.2 Å². The van der Waals surface area contributed by atoms with Gasteiger partial charge in [0, 0.05) is 54.4 Å². The standard InChI is InChI=1S/C23H27Cl2N3O/c24-20-5-3-6-21(16-20)27-12-14-28(15-13-27)23(29)18-8-10-26(11-9-18)17-19-4-1-2-7-22(19)25/h1-7,16,18H,8-15,17H2. The summed E-state index contributed by atoms with van der Waals surface area (Å²) in [7, 11) is 0. The number of halogens is 2. The number of hydrogen-bond donors (Lipinski definition) is 0. The van der Waals surface area contributed by atoms with E-state index in [1.807, 2.05) is 36.4 Å². The maximum atomic E-state index is 13.0. The topological polar surface area (TPSA) is 26.8 Å². The van der Waals surface area contributed by atoms with Crippen molar-refractivity contribution in [3.8, 4) is 0 Å². The third-order valence-corrected chi connectivity index (χ3v) is 6.66. The van der Waals surface area contributed by atoms with Gasteiger partial charge in [-0.3, -0.25) is 9.69 Å². The lowest BCUT2D eigenvalue weighted by molar-refractivity contribution is -0.137. The lowest BCUT2D eigenvalue weighted by Crippen LogP contribution is -2.51. The van der Waals surface area contributed by atoms with Crippen LogP contribution in [0, 0.1) is 5.92 Å². The van der Waals surface area contributed by atoms with Crippen molar-refractivity contribution in [1.29, 1.82) is 0 Å². The van der Waals surface area contributed by atoms with Gasteiger partial charge in [0.05, 0.1) is 0 Å².